The smallest absolute Gasteiger partial charge is 0.422 e. The number of ether oxygens (including phenoxy) is 1. The third-order valence-corrected chi connectivity index (χ3v) is 5.36. The predicted molar refractivity (Wildman–Crippen MR) is 102 cm³/mol. The molecular formula is C19H21ClF3N3O4. The first kappa shape index (κ1) is 22.2. The van der Waals surface area contributed by atoms with Gasteiger partial charge >= 0.3 is 12.2 Å². The van der Waals surface area contributed by atoms with Gasteiger partial charge in [0.05, 0.1) is 5.69 Å². The lowest BCUT2D eigenvalue weighted by molar-refractivity contribution is -0.153. The number of nitrogens with zero attached hydrogens (tertiary/aromatic N) is 1. The van der Waals surface area contributed by atoms with Crippen LogP contribution < -0.4 is 15.4 Å². The number of anilines is 1. The van der Waals surface area contributed by atoms with Crippen LogP contribution in [0.5, 0.6) is 5.75 Å². The Morgan fingerprint density at radius 1 is 1.23 bits per heavy atom. The molecule has 1 aliphatic heterocycles. The van der Waals surface area contributed by atoms with Crippen molar-refractivity contribution >= 4 is 35.1 Å². The standard InChI is InChI=1S/C19H21ClF3N3O4/c20-12-4-5-14(30-11-19(21,22)23)13(10-12)24-15(27)6-9-26-16(28)18(25-17(26)29)7-2-1-3-8-18/h4-5,10H,1-3,6-9,11H2,(H,24,27)(H,25,29). The van der Waals surface area contributed by atoms with Crippen LogP contribution in [0.2, 0.25) is 5.02 Å². The summed E-state index contributed by atoms with van der Waals surface area (Å²) < 4.78 is 42.0. The Bertz CT molecular complexity index is 841. The highest BCUT2D eigenvalue weighted by atomic mass is 35.5. The Hall–Kier alpha value is -2.49. The van der Waals surface area contributed by atoms with Gasteiger partial charge in [0, 0.05) is 18.0 Å². The monoisotopic (exact) mass is 447 g/mol. The summed E-state index contributed by atoms with van der Waals surface area (Å²) in [6, 6.07) is 3.27. The van der Waals surface area contributed by atoms with Gasteiger partial charge in [-0.15, -0.1) is 0 Å². The lowest BCUT2D eigenvalue weighted by Gasteiger charge is -2.30. The van der Waals surface area contributed by atoms with E-state index < -0.39 is 30.3 Å². The number of rotatable bonds is 6. The fraction of sp³-hybridized carbons (Fsp3) is 0.526. The number of halogens is 4. The molecular weight excluding hydrogens is 427 g/mol. The maximum Gasteiger partial charge on any atom is 0.422 e. The number of hydrogen-bond acceptors (Lipinski definition) is 4. The van der Waals surface area contributed by atoms with E-state index in [0.717, 1.165) is 24.2 Å². The van der Waals surface area contributed by atoms with Crippen molar-refractivity contribution in [3.63, 3.8) is 0 Å². The Morgan fingerprint density at radius 3 is 2.60 bits per heavy atom. The molecule has 0 unspecified atom stereocenters. The molecule has 2 N–H and O–H groups in total. The highest BCUT2D eigenvalue weighted by Crippen LogP contribution is 2.34. The van der Waals surface area contributed by atoms with Gasteiger partial charge in [0.25, 0.3) is 5.91 Å². The number of urea groups is 1. The van der Waals surface area contributed by atoms with E-state index in [2.05, 4.69) is 10.6 Å². The largest absolute Gasteiger partial charge is 0.482 e. The molecule has 2 aliphatic rings. The minimum atomic E-state index is -4.54. The van der Waals surface area contributed by atoms with Crippen molar-refractivity contribution in [3.05, 3.63) is 23.2 Å². The quantitative estimate of drug-likeness (QED) is 0.648. The lowest BCUT2D eigenvalue weighted by atomic mass is 9.82. The van der Waals surface area contributed by atoms with Crippen LogP contribution in [0, 0.1) is 0 Å². The van der Waals surface area contributed by atoms with Gasteiger partial charge in [-0.05, 0) is 31.0 Å². The van der Waals surface area contributed by atoms with E-state index in [0.29, 0.717) is 12.8 Å². The fourth-order valence-electron chi connectivity index (χ4n) is 3.68. The van der Waals surface area contributed by atoms with Gasteiger partial charge in [-0.2, -0.15) is 13.2 Å². The number of amides is 4. The van der Waals surface area contributed by atoms with E-state index in [-0.39, 0.29) is 35.3 Å². The first-order chi connectivity index (χ1) is 14.1. The average molecular weight is 448 g/mol. The first-order valence-electron chi connectivity index (χ1n) is 9.53. The molecule has 164 valence electrons. The SMILES string of the molecule is O=C(CCN1C(=O)NC2(CCCCC2)C1=O)Nc1cc(Cl)ccc1OCC(F)(F)F. The lowest BCUT2D eigenvalue weighted by Crippen LogP contribution is -2.48. The molecule has 1 saturated heterocycles. The molecule has 11 heteroatoms. The molecule has 0 aromatic heterocycles. The van der Waals surface area contributed by atoms with Crippen molar-refractivity contribution in [2.24, 2.45) is 0 Å². The maximum absolute atomic E-state index is 12.7. The van der Waals surface area contributed by atoms with Crippen LogP contribution in [0.4, 0.5) is 23.7 Å². The number of alkyl halides is 3. The number of benzene rings is 1. The maximum atomic E-state index is 12.7. The Morgan fingerprint density at radius 2 is 1.93 bits per heavy atom. The number of hydrogen-bond donors (Lipinski definition) is 2. The van der Waals surface area contributed by atoms with Crippen LogP contribution in [0.15, 0.2) is 18.2 Å². The van der Waals surface area contributed by atoms with Gasteiger partial charge in [0.1, 0.15) is 11.3 Å². The zero-order valence-corrected chi connectivity index (χ0v) is 16.7. The summed E-state index contributed by atoms with van der Waals surface area (Å²) in [6.45, 7) is -1.67. The van der Waals surface area contributed by atoms with Crippen molar-refractivity contribution in [1.29, 1.82) is 0 Å². The molecule has 1 heterocycles. The second-order valence-electron chi connectivity index (χ2n) is 7.37. The van der Waals surface area contributed by atoms with E-state index in [1.807, 2.05) is 0 Å². The first-order valence-corrected chi connectivity index (χ1v) is 9.90. The Balaban J connectivity index is 1.60. The molecule has 0 bridgehead atoms. The molecule has 4 amide bonds. The van der Waals surface area contributed by atoms with Crippen molar-refractivity contribution in [2.45, 2.75) is 50.2 Å². The summed E-state index contributed by atoms with van der Waals surface area (Å²) in [5.41, 5.74) is -0.908. The molecule has 0 atom stereocenters. The topological polar surface area (TPSA) is 87.7 Å². The summed E-state index contributed by atoms with van der Waals surface area (Å²) in [6.07, 6.45) is -0.928. The van der Waals surface area contributed by atoms with E-state index in [1.165, 1.54) is 18.2 Å². The highest BCUT2D eigenvalue weighted by molar-refractivity contribution is 6.31. The normalized spacial score (nSPS) is 18.5. The van der Waals surface area contributed by atoms with Crippen molar-refractivity contribution in [2.75, 3.05) is 18.5 Å². The summed E-state index contributed by atoms with van der Waals surface area (Å²) in [7, 11) is 0. The summed E-state index contributed by atoms with van der Waals surface area (Å²) in [5.74, 6) is -1.13. The minimum Gasteiger partial charge on any atom is -0.482 e. The molecule has 1 aliphatic carbocycles. The average Bonchev–Trinajstić information content (AvgIpc) is 2.88. The van der Waals surface area contributed by atoms with Gasteiger partial charge in [0.15, 0.2) is 6.61 Å². The Kier molecular flexibility index (Phi) is 6.44. The molecule has 1 spiro atoms. The van der Waals surface area contributed by atoms with Gasteiger partial charge < -0.3 is 15.4 Å². The second kappa shape index (κ2) is 8.71. The molecule has 1 aromatic carbocycles. The number of carbonyl (C=O) groups is 3. The van der Waals surface area contributed by atoms with E-state index in [9.17, 15) is 27.6 Å². The number of imide groups is 1. The van der Waals surface area contributed by atoms with Crippen LogP contribution in [-0.4, -0.2) is 47.6 Å². The third-order valence-electron chi connectivity index (χ3n) is 5.12. The molecule has 3 rings (SSSR count). The fourth-order valence-corrected chi connectivity index (χ4v) is 3.86. The molecule has 1 aromatic rings. The van der Waals surface area contributed by atoms with Crippen LogP contribution in [0.1, 0.15) is 38.5 Å². The number of carbonyl (C=O) groups excluding carboxylic acids is 3. The summed E-state index contributed by atoms with van der Waals surface area (Å²) >= 11 is 5.86. The van der Waals surface area contributed by atoms with Crippen LogP contribution in [0.25, 0.3) is 0 Å². The highest BCUT2D eigenvalue weighted by Gasteiger charge is 2.51. The van der Waals surface area contributed by atoms with E-state index in [4.69, 9.17) is 16.3 Å². The van der Waals surface area contributed by atoms with Crippen LogP contribution in [-0.2, 0) is 9.59 Å². The molecule has 2 fully saturated rings. The van der Waals surface area contributed by atoms with Gasteiger partial charge in [-0.1, -0.05) is 30.9 Å². The van der Waals surface area contributed by atoms with E-state index in [1.54, 1.807) is 0 Å². The molecule has 30 heavy (non-hydrogen) atoms. The predicted octanol–water partition coefficient (Wildman–Crippen LogP) is 3.86. The van der Waals surface area contributed by atoms with Gasteiger partial charge in [-0.25, -0.2) is 4.79 Å². The molecule has 7 nitrogen and oxygen atoms in total. The molecule has 1 saturated carbocycles. The van der Waals surface area contributed by atoms with Crippen molar-refractivity contribution in [3.8, 4) is 5.75 Å². The van der Waals surface area contributed by atoms with Crippen LogP contribution in [0.3, 0.4) is 0 Å². The van der Waals surface area contributed by atoms with Gasteiger partial charge in [-0.3, -0.25) is 14.5 Å². The molecule has 0 radical (unpaired) electrons. The van der Waals surface area contributed by atoms with Crippen LogP contribution >= 0.6 is 11.6 Å². The zero-order chi connectivity index (χ0) is 21.9. The zero-order valence-electron chi connectivity index (χ0n) is 16.0. The summed E-state index contributed by atoms with van der Waals surface area (Å²) in [4.78, 5) is 38.3. The third kappa shape index (κ3) is 5.16. The Labute approximate surface area is 175 Å². The van der Waals surface area contributed by atoms with Gasteiger partial charge in [0.2, 0.25) is 5.91 Å². The number of nitrogens with one attached hydrogen (secondary N) is 2. The van der Waals surface area contributed by atoms with Crippen molar-refractivity contribution in [1.82, 2.24) is 10.2 Å². The van der Waals surface area contributed by atoms with E-state index >= 15 is 0 Å². The minimum absolute atomic E-state index is 0.0299. The second-order valence-corrected chi connectivity index (χ2v) is 7.81. The van der Waals surface area contributed by atoms with Crippen molar-refractivity contribution < 1.29 is 32.3 Å². The summed E-state index contributed by atoms with van der Waals surface area (Å²) in [5, 5.41) is 5.37.